The Morgan fingerprint density at radius 1 is 1.25 bits per heavy atom. The zero-order valence-corrected chi connectivity index (χ0v) is 12.9. The van der Waals surface area contributed by atoms with E-state index >= 15 is 0 Å². The molecule has 4 nitrogen and oxygen atoms in total. The van der Waals surface area contributed by atoms with Gasteiger partial charge < -0.3 is 9.47 Å². The van der Waals surface area contributed by atoms with Crippen molar-refractivity contribution in [3.63, 3.8) is 0 Å². The highest BCUT2D eigenvalue weighted by Crippen LogP contribution is 2.30. The Kier molecular flexibility index (Phi) is 5.17. The third-order valence-electron chi connectivity index (χ3n) is 3.38. The van der Waals surface area contributed by atoms with Crippen molar-refractivity contribution in [3.8, 4) is 0 Å². The van der Waals surface area contributed by atoms with Crippen LogP contribution in [0.4, 0.5) is 0 Å². The molecule has 0 amide bonds. The van der Waals surface area contributed by atoms with E-state index in [1.165, 1.54) is 0 Å². The molecule has 2 atom stereocenters. The molecule has 0 radical (unpaired) electrons. The van der Waals surface area contributed by atoms with Gasteiger partial charge in [-0.15, -0.1) is 0 Å². The molecule has 1 fully saturated rings. The zero-order valence-electron chi connectivity index (χ0n) is 11.3. The van der Waals surface area contributed by atoms with Gasteiger partial charge in [-0.05, 0) is 50.5 Å². The minimum Gasteiger partial charge on any atom is -0.466 e. The predicted molar refractivity (Wildman–Crippen MR) is 77.3 cm³/mol. The van der Waals surface area contributed by atoms with Crippen LogP contribution in [0.15, 0.2) is 28.7 Å². The number of hydrogen-bond acceptors (Lipinski definition) is 4. The second-order valence-electron chi connectivity index (χ2n) is 4.74. The first-order valence-corrected chi connectivity index (χ1v) is 7.54. The molecule has 1 saturated carbocycles. The summed E-state index contributed by atoms with van der Waals surface area (Å²) in [6.07, 6.45) is 1.94. The van der Waals surface area contributed by atoms with Gasteiger partial charge in [0.15, 0.2) is 0 Å². The molecule has 20 heavy (non-hydrogen) atoms. The summed E-state index contributed by atoms with van der Waals surface area (Å²) in [4.78, 5) is 23.8. The molecule has 5 heteroatoms. The predicted octanol–water partition coefficient (Wildman–Crippen LogP) is 3.34. The number of carbonyl (C=O) groups excluding carboxylic acids is 2. The number of halogens is 1. The van der Waals surface area contributed by atoms with Crippen molar-refractivity contribution in [3.05, 3.63) is 34.3 Å². The third kappa shape index (κ3) is 3.60. The number of hydrogen-bond donors (Lipinski definition) is 0. The maximum absolute atomic E-state index is 12.0. The molecular weight excluding hydrogens is 324 g/mol. The topological polar surface area (TPSA) is 52.6 Å². The van der Waals surface area contributed by atoms with E-state index in [1.54, 1.807) is 31.2 Å². The number of rotatable bonds is 4. The maximum atomic E-state index is 12.0. The van der Waals surface area contributed by atoms with Crippen LogP contribution in [0.25, 0.3) is 0 Å². The molecule has 0 aromatic heterocycles. The summed E-state index contributed by atoms with van der Waals surface area (Å²) in [6, 6.07) is 6.96. The van der Waals surface area contributed by atoms with Crippen molar-refractivity contribution in [2.75, 3.05) is 6.61 Å². The van der Waals surface area contributed by atoms with E-state index in [-0.39, 0.29) is 18.0 Å². The molecule has 1 aliphatic carbocycles. The first-order chi connectivity index (χ1) is 9.61. The summed E-state index contributed by atoms with van der Waals surface area (Å²) in [6.45, 7) is 2.12. The number of carbonyl (C=O) groups is 2. The van der Waals surface area contributed by atoms with Crippen molar-refractivity contribution < 1.29 is 19.1 Å². The van der Waals surface area contributed by atoms with Crippen LogP contribution < -0.4 is 0 Å². The molecule has 2 unspecified atom stereocenters. The van der Waals surface area contributed by atoms with Crippen LogP contribution in [0.3, 0.4) is 0 Å². The average Bonchev–Trinajstić information content (AvgIpc) is 2.88. The van der Waals surface area contributed by atoms with Gasteiger partial charge in [0, 0.05) is 4.47 Å². The van der Waals surface area contributed by atoms with Crippen LogP contribution in [0.2, 0.25) is 0 Å². The van der Waals surface area contributed by atoms with Crippen LogP contribution in [-0.2, 0) is 14.3 Å². The first kappa shape index (κ1) is 15.0. The Labute approximate surface area is 126 Å². The van der Waals surface area contributed by atoms with E-state index in [1.807, 2.05) is 0 Å². The van der Waals surface area contributed by atoms with Gasteiger partial charge in [-0.25, -0.2) is 4.79 Å². The zero-order chi connectivity index (χ0) is 14.5. The van der Waals surface area contributed by atoms with Crippen molar-refractivity contribution in [1.82, 2.24) is 0 Å². The van der Waals surface area contributed by atoms with Crippen molar-refractivity contribution >= 4 is 27.9 Å². The van der Waals surface area contributed by atoms with Gasteiger partial charge >= 0.3 is 11.9 Å². The highest BCUT2D eigenvalue weighted by molar-refractivity contribution is 9.10. The summed E-state index contributed by atoms with van der Waals surface area (Å²) in [5, 5.41) is 0. The molecule has 0 spiro atoms. The van der Waals surface area contributed by atoms with Crippen LogP contribution in [0, 0.1) is 5.92 Å². The third-order valence-corrected chi connectivity index (χ3v) is 3.91. The fourth-order valence-electron chi connectivity index (χ4n) is 2.38. The monoisotopic (exact) mass is 340 g/mol. The highest BCUT2D eigenvalue weighted by Gasteiger charge is 2.36. The number of esters is 2. The number of benzene rings is 1. The quantitative estimate of drug-likeness (QED) is 0.789. The van der Waals surface area contributed by atoms with Gasteiger partial charge in [-0.2, -0.15) is 0 Å². The maximum Gasteiger partial charge on any atom is 0.338 e. The van der Waals surface area contributed by atoms with Crippen LogP contribution in [-0.4, -0.2) is 24.6 Å². The van der Waals surface area contributed by atoms with Gasteiger partial charge in [0.05, 0.1) is 18.1 Å². The van der Waals surface area contributed by atoms with Gasteiger partial charge in [-0.1, -0.05) is 15.9 Å². The van der Waals surface area contributed by atoms with Crippen LogP contribution in [0.1, 0.15) is 36.5 Å². The van der Waals surface area contributed by atoms with E-state index in [0.717, 1.165) is 17.3 Å². The van der Waals surface area contributed by atoms with E-state index in [9.17, 15) is 9.59 Å². The summed E-state index contributed by atoms with van der Waals surface area (Å²) < 4.78 is 11.4. The molecular formula is C15H17BrO4. The molecule has 0 aliphatic heterocycles. The molecule has 1 aliphatic rings. The smallest absolute Gasteiger partial charge is 0.338 e. The molecule has 0 N–H and O–H groups in total. The lowest BCUT2D eigenvalue weighted by Crippen LogP contribution is -2.29. The standard InChI is InChI=1S/C15H17BrO4/c1-2-19-15(18)12-4-3-5-13(12)20-14(17)10-6-8-11(16)9-7-10/h6-9,12-13H,2-5H2,1H3. The van der Waals surface area contributed by atoms with Gasteiger partial charge in [0.25, 0.3) is 0 Å². The Morgan fingerprint density at radius 2 is 1.95 bits per heavy atom. The molecule has 108 valence electrons. The summed E-state index contributed by atoms with van der Waals surface area (Å²) in [7, 11) is 0. The lowest BCUT2D eigenvalue weighted by molar-refractivity contribution is -0.150. The second-order valence-corrected chi connectivity index (χ2v) is 5.66. The van der Waals surface area contributed by atoms with Crippen LogP contribution in [0.5, 0.6) is 0 Å². The number of ether oxygens (including phenoxy) is 2. The Bertz CT molecular complexity index is 483. The van der Waals surface area contributed by atoms with Crippen molar-refractivity contribution in [2.24, 2.45) is 5.92 Å². The minimum atomic E-state index is -0.390. The Balaban J connectivity index is 1.99. The van der Waals surface area contributed by atoms with E-state index in [0.29, 0.717) is 18.6 Å². The van der Waals surface area contributed by atoms with Gasteiger partial charge in [0.1, 0.15) is 6.10 Å². The van der Waals surface area contributed by atoms with Crippen molar-refractivity contribution in [1.29, 1.82) is 0 Å². The summed E-state index contributed by atoms with van der Waals surface area (Å²) in [5.41, 5.74) is 0.489. The largest absolute Gasteiger partial charge is 0.466 e. The summed E-state index contributed by atoms with van der Waals surface area (Å²) >= 11 is 3.32. The van der Waals surface area contributed by atoms with E-state index in [4.69, 9.17) is 9.47 Å². The SMILES string of the molecule is CCOC(=O)C1CCCC1OC(=O)c1ccc(Br)cc1. The minimum absolute atomic E-state index is 0.265. The molecule has 1 aromatic rings. The fraction of sp³-hybridized carbons (Fsp3) is 0.467. The van der Waals surface area contributed by atoms with E-state index in [2.05, 4.69) is 15.9 Å². The van der Waals surface area contributed by atoms with Gasteiger partial charge in [0.2, 0.25) is 0 Å². The molecule has 0 bridgehead atoms. The normalized spacial score (nSPS) is 21.5. The van der Waals surface area contributed by atoms with E-state index < -0.39 is 5.97 Å². The Hall–Kier alpha value is -1.36. The molecule has 2 rings (SSSR count). The lowest BCUT2D eigenvalue weighted by atomic mass is 10.1. The molecule has 0 heterocycles. The molecule has 0 saturated heterocycles. The van der Waals surface area contributed by atoms with Crippen molar-refractivity contribution in [2.45, 2.75) is 32.3 Å². The molecule has 1 aromatic carbocycles. The second kappa shape index (κ2) is 6.88. The summed E-state index contributed by atoms with van der Waals surface area (Å²) in [5.74, 6) is -0.980. The average molecular weight is 341 g/mol. The van der Waals surface area contributed by atoms with Gasteiger partial charge in [-0.3, -0.25) is 4.79 Å². The van der Waals surface area contributed by atoms with Crippen LogP contribution >= 0.6 is 15.9 Å². The Morgan fingerprint density at radius 3 is 2.60 bits per heavy atom. The fourth-order valence-corrected chi connectivity index (χ4v) is 2.64. The lowest BCUT2D eigenvalue weighted by Gasteiger charge is -2.18. The first-order valence-electron chi connectivity index (χ1n) is 6.75. The highest BCUT2D eigenvalue weighted by atomic mass is 79.9.